The van der Waals surface area contributed by atoms with Crippen molar-refractivity contribution in [2.75, 3.05) is 38.0 Å². The number of halogens is 3. The number of hydrogen-bond donors (Lipinski definition) is 1. The highest BCUT2D eigenvalue weighted by Gasteiger charge is 2.31. The maximum atomic E-state index is 12.2. The van der Waals surface area contributed by atoms with Gasteiger partial charge in [0.2, 0.25) is 5.91 Å². The summed E-state index contributed by atoms with van der Waals surface area (Å²) in [5.74, 6) is 0.731. The molecule has 2 heterocycles. The van der Waals surface area contributed by atoms with E-state index in [-0.39, 0.29) is 11.7 Å². The summed E-state index contributed by atoms with van der Waals surface area (Å²) < 4.78 is 45.4. The highest BCUT2D eigenvalue weighted by Crippen LogP contribution is 2.23. The summed E-state index contributed by atoms with van der Waals surface area (Å²) in [5.41, 5.74) is 0.926. The molecular formula is C19H23F3N4O3. The quantitative estimate of drug-likeness (QED) is 0.754. The number of aromatic nitrogens is 1. The van der Waals surface area contributed by atoms with Crippen molar-refractivity contribution in [3.8, 4) is 5.75 Å². The number of amides is 1. The van der Waals surface area contributed by atoms with E-state index >= 15 is 0 Å². The van der Waals surface area contributed by atoms with Gasteiger partial charge < -0.3 is 19.5 Å². The molecular weight excluding hydrogens is 389 g/mol. The number of benzene rings is 1. The molecule has 0 spiro atoms. The van der Waals surface area contributed by atoms with Crippen molar-refractivity contribution >= 4 is 11.7 Å². The normalized spacial score (nSPS) is 16.0. The minimum Gasteiger partial charge on any atom is -0.406 e. The van der Waals surface area contributed by atoms with Gasteiger partial charge in [0.25, 0.3) is 0 Å². The Morgan fingerprint density at radius 2 is 1.83 bits per heavy atom. The Bertz CT molecular complexity index is 800. The molecule has 0 atom stereocenters. The Kier molecular flexibility index (Phi) is 6.75. The monoisotopic (exact) mass is 412 g/mol. The molecule has 158 valence electrons. The largest absolute Gasteiger partial charge is 0.573 e. The summed E-state index contributed by atoms with van der Waals surface area (Å²) in [7, 11) is 0. The Hall–Kier alpha value is -2.59. The first-order valence-electron chi connectivity index (χ1n) is 9.29. The van der Waals surface area contributed by atoms with Gasteiger partial charge in [0, 0.05) is 51.8 Å². The van der Waals surface area contributed by atoms with Crippen LogP contribution in [-0.2, 0) is 11.3 Å². The molecule has 1 amide bonds. The fourth-order valence-corrected chi connectivity index (χ4v) is 3.12. The van der Waals surface area contributed by atoms with Gasteiger partial charge in [-0.15, -0.1) is 13.2 Å². The molecule has 10 heteroatoms. The Balaban J connectivity index is 1.36. The number of nitrogens with one attached hydrogen (secondary N) is 1. The molecule has 2 aromatic rings. The summed E-state index contributed by atoms with van der Waals surface area (Å²) >= 11 is 0. The van der Waals surface area contributed by atoms with Crippen LogP contribution in [0.2, 0.25) is 0 Å². The zero-order valence-electron chi connectivity index (χ0n) is 16.0. The van der Waals surface area contributed by atoms with Crippen LogP contribution >= 0.6 is 0 Å². The molecule has 1 aromatic heterocycles. The van der Waals surface area contributed by atoms with Crippen molar-refractivity contribution in [1.82, 2.24) is 15.0 Å². The van der Waals surface area contributed by atoms with Crippen molar-refractivity contribution in [3.63, 3.8) is 0 Å². The van der Waals surface area contributed by atoms with E-state index in [4.69, 9.17) is 4.52 Å². The lowest BCUT2D eigenvalue weighted by Crippen LogP contribution is -2.46. The molecule has 0 saturated carbocycles. The summed E-state index contributed by atoms with van der Waals surface area (Å²) in [6, 6.07) is 7.60. The van der Waals surface area contributed by atoms with Gasteiger partial charge >= 0.3 is 6.36 Å². The SMILES string of the molecule is Cc1cc(NC(=O)CCN2CCN(Cc3ccc(OC(F)(F)F)cc3)CC2)no1. The first kappa shape index (κ1) is 21.1. The van der Waals surface area contributed by atoms with Gasteiger partial charge in [0.1, 0.15) is 11.5 Å². The third-order valence-corrected chi connectivity index (χ3v) is 4.58. The minimum atomic E-state index is -4.68. The van der Waals surface area contributed by atoms with E-state index in [1.165, 1.54) is 12.1 Å². The van der Waals surface area contributed by atoms with Crippen LogP contribution in [-0.4, -0.2) is 59.9 Å². The van der Waals surface area contributed by atoms with Gasteiger partial charge in [0.05, 0.1) is 0 Å². The summed E-state index contributed by atoms with van der Waals surface area (Å²) in [5, 5.41) is 6.43. The highest BCUT2D eigenvalue weighted by molar-refractivity contribution is 5.89. The number of carbonyl (C=O) groups excluding carboxylic acids is 1. The fourth-order valence-electron chi connectivity index (χ4n) is 3.12. The molecule has 1 aliphatic rings. The molecule has 29 heavy (non-hydrogen) atoms. The number of piperazine rings is 1. The summed E-state index contributed by atoms with van der Waals surface area (Å²) in [4.78, 5) is 16.4. The van der Waals surface area contributed by atoms with Crippen LogP contribution in [0, 0.1) is 6.92 Å². The summed E-state index contributed by atoms with van der Waals surface area (Å²) in [6.45, 7) is 6.37. The van der Waals surface area contributed by atoms with Crippen LogP contribution in [0.25, 0.3) is 0 Å². The van der Waals surface area contributed by atoms with Crippen molar-refractivity contribution in [1.29, 1.82) is 0 Å². The number of rotatable bonds is 7. The maximum Gasteiger partial charge on any atom is 0.573 e. The maximum absolute atomic E-state index is 12.2. The molecule has 1 saturated heterocycles. The van der Waals surface area contributed by atoms with E-state index in [1.807, 2.05) is 0 Å². The number of anilines is 1. The number of aryl methyl sites for hydroxylation is 1. The molecule has 0 radical (unpaired) electrons. The molecule has 1 fully saturated rings. The average molecular weight is 412 g/mol. The second-order valence-corrected chi connectivity index (χ2v) is 6.93. The van der Waals surface area contributed by atoms with Crippen LogP contribution < -0.4 is 10.1 Å². The summed E-state index contributed by atoms with van der Waals surface area (Å²) in [6.07, 6.45) is -4.31. The van der Waals surface area contributed by atoms with Gasteiger partial charge in [-0.25, -0.2) is 0 Å². The van der Waals surface area contributed by atoms with E-state index < -0.39 is 6.36 Å². The van der Waals surface area contributed by atoms with Gasteiger partial charge in [-0.3, -0.25) is 9.69 Å². The third-order valence-electron chi connectivity index (χ3n) is 4.58. The predicted octanol–water partition coefficient (Wildman–Crippen LogP) is 3.03. The van der Waals surface area contributed by atoms with E-state index in [1.54, 1.807) is 25.1 Å². The molecule has 1 aromatic carbocycles. The van der Waals surface area contributed by atoms with Crippen LogP contribution in [0.3, 0.4) is 0 Å². The number of carbonyl (C=O) groups is 1. The van der Waals surface area contributed by atoms with E-state index in [2.05, 4.69) is 25.0 Å². The highest BCUT2D eigenvalue weighted by atomic mass is 19.4. The first-order chi connectivity index (χ1) is 13.8. The Morgan fingerprint density at radius 3 is 2.41 bits per heavy atom. The topological polar surface area (TPSA) is 70.8 Å². The molecule has 1 aliphatic heterocycles. The second kappa shape index (κ2) is 9.27. The molecule has 0 aliphatic carbocycles. The van der Waals surface area contributed by atoms with Gasteiger partial charge in [-0.2, -0.15) is 0 Å². The number of alkyl halides is 3. The Labute approximate surface area is 166 Å². The smallest absolute Gasteiger partial charge is 0.406 e. The third kappa shape index (κ3) is 7.06. The zero-order chi connectivity index (χ0) is 20.9. The molecule has 3 rings (SSSR count). The fraction of sp³-hybridized carbons (Fsp3) is 0.474. The Morgan fingerprint density at radius 1 is 1.17 bits per heavy atom. The van der Waals surface area contributed by atoms with Gasteiger partial charge in [-0.1, -0.05) is 17.3 Å². The lowest BCUT2D eigenvalue weighted by molar-refractivity contribution is -0.274. The predicted molar refractivity (Wildman–Crippen MR) is 99.3 cm³/mol. The molecule has 0 bridgehead atoms. The van der Waals surface area contributed by atoms with Crippen LogP contribution in [0.5, 0.6) is 5.75 Å². The molecule has 1 N–H and O–H groups in total. The standard InChI is InChI=1S/C19H23F3N4O3/c1-14-12-17(24-29-14)23-18(27)6-7-25-8-10-26(11-9-25)13-15-2-4-16(5-3-15)28-19(20,21)22/h2-5,12H,6-11,13H2,1H3,(H,23,24,27). The van der Waals surface area contributed by atoms with Crippen LogP contribution in [0.1, 0.15) is 17.7 Å². The van der Waals surface area contributed by atoms with E-state index in [0.717, 1.165) is 31.7 Å². The first-order valence-corrected chi connectivity index (χ1v) is 9.29. The molecule has 0 unspecified atom stereocenters. The lowest BCUT2D eigenvalue weighted by atomic mass is 10.2. The second-order valence-electron chi connectivity index (χ2n) is 6.93. The average Bonchev–Trinajstić information content (AvgIpc) is 3.06. The van der Waals surface area contributed by atoms with Crippen molar-refractivity contribution in [2.45, 2.75) is 26.3 Å². The van der Waals surface area contributed by atoms with Crippen LogP contribution in [0.4, 0.5) is 19.0 Å². The van der Waals surface area contributed by atoms with Gasteiger partial charge in [-0.05, 0) is 24.6 Å². The zero-order valence-corrected chi connectivity index (χ0v) is 16.0. The number of hydrogen-bond acceptors (Lipinski definition) is 6. The number of ether oxygens (including phenoxy) is 1. The number of nitrogens with zero attached hydrogens (tertiary/aromatic N) is 3. The minimum absolute atomic E-state index is 0.109. The van der Waals surface area contributed by atoms with E-state index in [9.17, 15) is 18.0 Å². The van der Waals surface area contributed by atoms with Crippen molar-refractivity contribution in [2.24, 2.45) is 0 Å². The van der Waals surface area contributed by atoms with Crippen LogP contribution in [0.15, 0.2) is 34.9 Å². The van der Waals surface area contributed by atoms with E-state index in [0.29, 0.717) is 31.1 Å². The lowest BCUT2D eigenvalue weighted by Gasteiger charge is -2.34. The van der Waals surface area contributed by atoms with Crippen molar-refractivity contribution in [3.05, 3.63) is 41.7 Å². The molecule has 7 nitrogen and oxygen atoms in total. The van der Waals surface area contributed by atoms with Crippen molar-refractivity contribution < 1.29 is 27.2 Å². The van der Waals surface area contributed by atoms with Gasteiger partial charge in [0.15, 0.2) is 5.82 Å².